The molecule has 1 heterocycles. The minimum Gasteiger partial charge on any atom is -0.496 e. The van der Waals surface area contributed by atoms with Gasteiger partial charge in [-0.2, -0.15) is 0 Å². The number of para-hydroxylation sites is 2. The number of benzene rings is 4. The molecule has 30 heavy (non-hydrogen) atoms. The van der Waals surface area contributed by atoms with Crippen LogP contribution in [0.3, 0.4) is 0 Å². The molecule has 0 spiro atoms. The highest BCUT2D eigenvalue weighted by molar-refractivity contribution is 6.13. The number of anilines is 1. The first-order valence-corrected chi connectivity index (χ1v) is 9.93. The lowest BCUT2D eigenvalue weighted by atomic mass is 9.90. The quantitative estimate of drug-likeness (QED) is 0.474. The first-order chi connectivity index (χ1) is 14.8. The van der Waals surface area contributed by atoms with Gasteiger partial charge >= 0.3 is 0 Å². The van der Waals surface area contributed by atoms with Crippen LogP contribution in [0.1, 0.15) is 22.7 Å². The third-order valence-corrected chi connectivity index (χ3v) is 5.55. The zero-order chi connectivity index (χ0) is 20.5. The third kappa shape index (κ3) is 2.98. The Hall–Kier alpha value is -3.79. The fraction of sp³-hybridized carbons (Fsp3) is 0.115. The Morgan fingerprint density at radius 3 is 2.27 bits per heavy atom. The molecule has 0 saturated heterocycles. The van der Waals surface area contributed by atoms with Crippen molar-refractivity contribution in [2.75, 3.05) is 19.5 Å². The van der Waals surface area contributed by atoms with Crippen molar-refractivity contribution >= 4 is 22.3 Å². The van der Waals surface area contributed by atoms with Gasteiger partial charge in [-0.1, -0.05) is 60.7 Å². The Bertz CT molecular complexity index is 1260. The molecule has 0 bridgehead atoms. The number of rotatable bonds is 4. The Labute approximate surface area is 175 Å². The fourth-order valence-corrected chi connectivity index (χ4v) is 4.15. The maximum atomic E-state index is 5.70. The minimum absolute atomic E-state index is 0.205. The molecule has 4 nitrogen and oxygen atoms in total. The molecule has 4 aromatic rings. The summed E-state index contributed by atoms with van der Waals surface area (Å²) in [7, 11) is 3.39. The molecule has 1 N–H and O–H groups in total. The van der Waals surface area contributed by atoms with E-state index in [1.165, 1.54) is 10.8 Å². The Morgan fingerprint density at radius 1 is 0.733 bits per heavy atom. The monoisotopic (exact) mass is 394 g/mol. The molecule has 0 radical (unpaired) electrons. The van der Waals surface area contributed by atoms with Gasteiger partial charge in [0, 0.05) is 16.8 Å². The maximum absolute atomic E-state index is 5.70. The lowest BCUT2D eigenvalue weighted by Crippen LogP contribution is -2.23. The van der Waals surface area contributed by atoms with Gasteiger partial charge in [-0.3, -0.25) is 4.99 Å². The number of ether oxygens (including phenoxy) is 2. The topological polar surface area (TPSA) is 42.9 Å². The zero-order valence-electron chi connectivity index (χ0n) is 16.9. The molecule has 5 rings (SSSR count). The van der Waals surface area contributed by atoms with Crippen molar-refractivity contribution in [2.24, 2.45) is 4.99 Å². The number of nitrogens with zero attached hydrogens (tertiary/aromatic N) is 1. The molecular formula is C26H22N2O2. The molecule has 0 aromatic heterocycles. The molecular weight excluding hydrogens is 372 g/mol. The summed E-state index contributed by atoms with van der Waals surface area (Å²) in [5, 5.41) is 5.92. The van der Waals surface area contributed by atoms with E-state index in [4.69, 9.17) is 14.5 Å². The number of hydrogen-bond acceptors (Lipinski definition) is 4. The maximum Gasteiger partial charge on any atom is 0.137 e. The molecule has 1 aliphatic heterocycles. The van der Waals surface area contributed by atoms with Gasteiger partial charge in [0.15, 0.2) is 0 Å². The highest BCUT2D eigenvalue weighted by atomic mass is 16.5. The molecule has 0 saturated carbocycles. The van der Waals surface area contributed by atoms with Gasteiger partial charge in [-0.15, -0.1) is 0 Å². The zero-order valence-corrected chi connectivity index (χ0v) is 16.9. The van der Waals surface area contributed by atoms with E-state index >= 15 is 0 Å². The minimum atomic E-state index is -0.205. The molecule has 1 atom stereocenters. The molecule has 0 unspecified atom stereocenters. The number of hydrogen-bond donors (Lipinski definition) is 1. The van der Waals surface area contributed by atoms with Crippen LogP contribution in [0.25, 0.3) is 10.8 Å². The highest BCUT2D eigenvalue weighted by Crippen LogP contribution is 2.43. The van der Waals surface area contributed by atoms with Gasteiger partial charge in [-0.05, 0) is 35.0 Å². The van der Waals surface area contributed by atoms with Gasteiger partial charge in [0.1, 0.15) is 23.4 Å². The number of aliphatic imine (C=N–C) groups is 1. The summed E-state index contributed by atoms with van der Waals surface area (Å²) >= 11 is 0. The van der Waals surface area contributed by atoms with Crippen LogP contribution in [-0.4, -0.2) is 20.1 Å². The van der Waals surface area contributed by atoms with Gasteiger partial charge in [-0.25, -0.2) is 0 Å². The average molecular weight is 394 g/mol. The van der Waals surface area contributed by atoms with Crippen LogP contribution in [0.5, 0.6) is 11.5 Å². The van der Waals surface area contributed by atoms with Crippen molar-refractivity contribution in [2.45, 2.75) is 6.04 Å². The Balaban J connectivity index is 1.78. The van der Waals surface area contributed by atoms with Crippen LogP contribution in [0.4, 0.5) is 5.69 Å². The van der Waals surface area contributed by atoms with E-state index in [0.29, 0.717) is 0 Å². The summed E-state index contributed by atoms with van der Waals surface area (Å²) in [5.74, 6) is 2.39. The van der Waals surface area contributed by atoms with Crippen molar-refractivity contribution < 1.29 is 9.47 Å². The van der Waals surface area contributed by atoms with Crippen LogP contribution in [0.15, 0.2) is 89.9 Å². The predicted molar refractivity (Wildman–Crippen MR) is 122 cm³/mol. The molecule has 1 aliphatic rings. The smallest absolute Gasteiger partial charge is 0.137 e. The van der Waals surface area contributed by atoms with Crippen LogP contribution in [-0.2, 0) is 0 Å². The van der Waals surface area contributed by atoms with Crippen molar-refractivity contribution in [3.8, 4) is 11.5 Å². The van der Waals surface area contributed by atoms with Crippen molar-refractivity contribution in [3.05, 3.63) is 102 Å². The molecule has 0 fully saturated rings. The second kappa shape index (κ2) is 7.56. The third-order valence-electron chi connectivity index (χ3n) is 5.55. The molecule has 0 amide bonds. The summed E-state index contributed by atoms with van der Waals surface area (Å²) < 4.78 is 11.3. The van der Waals surface area contributed by atoms with Gasteiger partial charge in [0.05, 0.1) is 19.8 Å². The molecule has 148 valence electrons. The Morgan fingerprint density at radius 2 is 1.43 bits per heavy atom. The van der Waals surface area contributed by atoms with Crippen molar-refractivity contribution in [3.63, 3.8) is 0 Å². The molecule has 4 aromatic carbocycles. The summed E-state index contributed by atoms with van der Waals surface area (Å²) in [6, 6.07) is 28.5. The van der Waals surface area contributed by atoms with E-state index in [-0.39, 0.29) is 6.04 Å². The van der Waals surface area contributed by atoms with Gasteiger partial charge < -0.3 is 14.8 Å². The van der Waals surface area contributed by atoms with E-state index in [0.717, 1.165) is 39.7 Å². The second-order valence-electron chi connectivity index (χ2n) is 7.20. The fourth-order valence-electron chi connectivity index (χ4n) is 4.15. The lowest BCUT2D eigenvalue weighted by Gasteiger charge is -2.28. The first-order valence-electron chi connectivity index (χ1n) is 9.93. The van der Waals surface area contributed by atoms with Crippen molar-refractivity contribution in [1.82, 2.24) is 0 Å². The summed E-state index contributed by atoms with van der Waals surface area (Å²) in [5.41, 5.74) is 4.15. The second-order valence-corrected chi connectivity index (χ2v) is 7.20. The summed E-state index contributed by atoms with van der Waals surface area (Å²) in [6.07, 6.45) is 0. The average Bonchev–Trinajstić information content (AvgIpc) is 2.83. The van der Waals surface area contributed by atoms with E-state index < -0.39 is 0 Å². The number of fused-ring (bicyclic) bond motifs is 3. The Kier molecular flexibility index (Phi) is 4.60. The number of amidine groups is 1. The normalized spacial score (nSPS) is 15.1. The largest absolute Gasteiger partial charge is 0.496 e. The number of methoxy groups -OCH3 is 2. The summed E-state index contributed by atoms with van der Waals surface area (Å²) in [6.45, 7) is 0. The van der Waals surface area contributed by atoms with Gasteiger partial charge in [0.25, 0.3) is 0 Å². The van der Waals surface area contributed by atoms with Crippen LogP contribution < -0.4 is 14.8 Å². The van der Waals surface area contributed by atoms with Crippen LogP contribution >= 0.6 is 0 Å². The van der Waals surface area contributed by atoms with Crippen molar-refractivity contribution in [1.29, 1.82) is 0 Å². The summed E-state index contributed by atoms with van der Waals surface area (Å²) in [4.78, 5) is 5.18. The standard InChI is InChI=1S/C26H22N2O2/c1-29-22-13-7-5-11-19(22)25-24-18-10-4-3-9-17(18)15-16-21(24)27-26(28-25)20-12-6-8-14-23(20)30-2/h3-16,25H,1-2H3,(H,27,28)/t25-/m0/s1. The lowest BCUT2D eigenvalue weighted by molar-refractivity contribution is 0.408. The van der Waals surface area contributed by atoms with E-state index in [2.05, 4.69) is 47.8 Å². The van der Waals surface area contributed by atoms with Crippen LogP contribution in [0.2, 0.25) is 0 Å². The number of nitrogens with one attached hydrogen (secondary N) is 1. The predicted octanol–water partition coefficient (Wildman–Crippen LogP) is 5.82. The van der Waals surface area contributed by atoms with Gasteiger partial charge in [0.2, 0.25) is 0 Å². The highest BCUT2D eigenvalue weighted by Gasteiger charge is 2.28. The van der Waals surface area contributed by atoms with E-state index in [1.807, 2.05) is 42.5 Å². The SMILES string of the molecule is COc1ccccc1C1=N[C@@H](c2ccccc2OC)c2c(ccc3ccccc23)N1. The molecule has 0 aliphatic carbocycles. The van der Waals surface area contributed by atoms with Crippen LogP contribution in [0, 0.1) is 0 Å². The first kappa shape index (κ1) is 18.3. The van der Waals surface area contributed by atoms with E-state index in [1.54, 1.807) is 14.2 Å². The molecule has 4 heteroatoms. The van der Waals surface area contributed by atoms with E-state index in [9.17, 15) is 0 Å².